The number of likely N-dealkylation sites (tertiary alicyclic amines) is 1. The molecule has 6 heteroatoms. The maximum absolute atomic E-state index is 13.1. The molecule has 0 unspecified atom stereocenters. The molecule has 0 spiro atoms. The fourth-order valence-electron chi connectivity index (χ4n) is 4.22. The summed E-state index contributed by atoms with van der Waals surface area (Å²) in [5.74, 6) is -0.119. The highest BCUT2D eigenvalue weighted by molar-refractivity contribution is 6.30. The second kappa shape index (κ2) is 7.41. The number of imide groups is 1. The second-order valence-electron chi connectivity index (χ2n) is 7.28. The molecule has 1 atom stereocenters. The molecule has 2 amide bonds. The Hall–Kier alpha value is -2.24. The number of piperidine rings is 1. The summed E-state index contributed by atoms with van der Waals surface area (Å²) in [5.41, 5.74) is 1.73. The number of nitrogens with zero attached hydrogens (tertiary/aromatic N) is 1. The second-order valence-corrected chi connectivity index (χ2v) is 7.72. The Morgan fingerprint density at radius 1 is 0.963 bits per heavy atom. The van der Waals surface area contributed by atoms with Crippen molar-refractivity contribution in [2.75, 3.05) is 18.0 Å². The number of quaternary nitrogens is 1. The van der Waals surface area contributed by atoms with E-state index in [1.165, 1.54) is 21.9 Å². The highest BCUT2D eigenvalue weighted by Crippen LogP contribution is 2.26. The van der Waals surface area contributed by atoms with Crippen LogP contribution < -0.4 is 9.80 Å². The lowest BCUT2D eigenvalue weighted by molar-refractivity contribution is -0.920. The van der Waals surface area contributed by atoms with Crippen LogP contribution in [-0.4, -0.2) is 30.9 Å². The first-order chi connectivity index (χ1) is 13.0. The molecule has 2 saturated heterocycles. The van der Waals surface area contributed by atoms with Crippen LogP contribution in [0.5, 0.6) is 0 Å². The van der Waals surface area contributed by atoms with Crippen molar-refractivity contribution in [3.05, 3.63) is 64.9 Å². The van der Waals surface area contributed by atoms with E-state index in [-0.39, 0.29) is 30.1 Å². The molecule has 0 aliphatic carbocycles. The van der Waals surface area contributed by atoms with Gasteiger partial charge in [-0.25, -0.2) is 9.29 Å². The van der Waals surface area contributed by atoms with E-state index in [0.717, 1.165) is 31.5 Å². The van der Waals surface area contributed by atoms with E-state index in [1.807, 2.05) is 12.1 Å². The van der Waals surface area contributed by atoms with Gasteiger partial charge in [-0.3, -0.25) is 9.59 Å². The van der Waals surface area contributed by atoms with Crippen molar-refractivity contribution in [1.82, 2.24) is 0 Å². The first-order valence-electron chi connectivity index (χ1n) is 9.25. The van der Waals surface area contributed by atoms with Gasteiger partial charge in [-0.15, -0.1) is 0 Å². The number of carbonyl (C=O) groups is 2. The van der Waals surface area contributed by atoms with Gasteiger partial charge in [-0.05, 0) is 47.9 Å². The number of rotatable bonds is 3. The summed E-state index contributed by atoms with van der Waals surface area (Å²) in [7, 11) is 0. The van der Waals surface area contributed by atoms with Gasteiger partial charge in [0.2, 0.25) is 5.91 Å². The Balaban J connectivity index is 1.43. The van der Waals surface area contributed by atoms with Crippen molar-refractivity contribution < 1.29 is 18.9 Å². The Morgan fingerprint density at radius 3 is 2.22 bits per heavy atom. The highest BCUT2D eigenvalue weighted by atomic mass is 35.5. The molecule has 4 rings (SSSR count). The highest BCUT2D eigenvalue weighted by Gasteiger charge is 2.46. The maximum Gasteiger partial charge on any atom is 0.292 e. The molecule has 2 aliphatic heterocycles. The third-order valence-corrected chi connectivity index (χ3v) is 5.95. The number of halogens is 2. The third-order valence-electron chi connectivity index (χ3n) is 5.69. The summed E-state index contributed by atoms with van der Waals surface area (Å²) < 4.78 is 13.1. The lowest BCUT2D eigenvalue weighted by Gasteiger charge is -2.32. The molecule has 0 aromatic heterocycles. The predicted octanol–water partition coefficient (Wildman–Crippen LogP) is 2.57. The smallest absolute Gasteiger partial charge is 0.292 e. The summed E-state index contributed by atoms with van der Waals surface area (Å²) in [5, 5.41) is 0.572. The zero-order valence-corrected chi connectivity index (χ0v) is 15.6. The number of hydrogen-bond acceptors (Lipinski definition) is 2. The Morgan fingerprint density at radius 2 is 1.59 bits per heavy atom. The molecule has 1 N–H and O–H groups in total. The summed E-state index contributed by atoms with van der Waals surface area (Å²) in [6, 6.07) is 13.2. The molecule has 2 heterocycles. The first-order valence-corrected chi connectivity index (χ1v) is 9.63. The fraction of sp³-hybridized carbons (Fsp3) is 0.333. The molecule has 2 aliphatic rings. The number of anilines is 1. The van der Waals surface area contributed by atoms with Gasteiger partial charge in [0.25, 0.3) is 5.91 Å². The molecule has 2 aromatic rings. The average molecular weight is 388 g/mol. The van der Waals surface area contributed by atoms with Crippen LogP contribution in [0.15, 0.2) is 48.5 Å². The molecule has 0 bridgehead atoms. The van der Waals surface area contributed by atoms with Gasteiger partial charge < -0.3 is 4.90 Å². The van der Waals surface area contributed by atoms with Crippen LogP contribution in [0.4, 0.5) is 10.1 Å². The van der Waals surface area contributed by atoms with Gasteiger partial charge in [0.1, 0.15) is 5.82 Å². The quantitative estimate of drug-likeness (QED) is 0.822. The molecule has 140 valence electrons. The van der Waals surface area contributed by atoms with Crippen LogP contribution >= 0.6 is 11.6 Å². The molecule has 0 saturated carbocycles. The predicted molar refractivity (Wildman–Crippen MR) is 101 cm³/mol. The number of hydrogen-bond donors (Lipinski definition) is 1. The van der Waals surface area contributed by atoms with Crippen molar-refractivity contribution in [3.8, 4) is 0 Å². The van der Waals surface area contributed by atoms with E-state index in [9.17, 15) is 14.0 Å². The van der Waals surface area contributed by atoms with Crippen LogP contribution in [-0.2, 0) is 9.59 Å². The minimum absolute atomic E-state index is 0.127. The number of amides is 2. The molecular formula is C21H21ClFN2O2+. The Labute approximate surface area is 162 Å². The van der Waals surface area contributed by atoms with Crippen LogP contribution in [0.2, 0.25) is 5.02 Å². The fourth-order valence-corrected chi connectivity index (χ4v) is 4.34. The lowest BCUT2D eigenvalue weighted by Crippen LogP contribution is -3.17. The molecule has 0 radical (unpaired) electrons. The first kappa shape index (κ1) is 18.1. The average Bonchev–Trinajstić information content (AvgIpc) is 2.98. The van der Waals surface area contributed by atoms with Gasteiger partial charge in [-0.2, -0.15) is 0 Å². The van der Waals surface area contributed by atoms with Crippen molar-refractivity contribution in [2.45, 2.75) is 31.2 Å². The van der Waals surface area contributed by atoms with E-state index in [0.29, 0.717) is 16.6 Å². The van der Waals surface area contributed by atoms with Gasteiger partial charge in [0.05, 0.1) is 25.2 Å². The lowest BCUT2D eigenvalue weighted by atomic mass is 9.89. The minimum atomic E-state index is -0.317. The van der Waals surface area contributed by atoms with Crippen molar-refractivity contribution in [3.63, 3.8) is 0 Å². The summed E-state index contributed by atoms with van der Waals surface area (Å²) in [4.78, 5) is 27.8. The van der Waals surface area contributed by atoms with E-state index >= 15 is 0 Å². The normalized spacial score (nSPS) is 25.9. The van der Waals surface area contributed by atoms with Crippen molar-refractivity contribution in [1.29, 1.82) is 0 Å². The van der Waals surface area contributed by atoms with Crippen LogP contribution in [0.3, 0.4) is 0 Å². The minimum Gasteiger partial charge on any atom is -0.324 e. The Bertz CT molecular complexity index is 845. The molecular weight excluding hydrogens is 367 g/mol. The molecule has 4 nitrogen and oxygen atoms in total. The summed E-state index contributed by atoms with van der Waals surface area (Å²) in [6.07, 6.45) is 2.11. The van der Waals surface area contributed by atoms with Gasteiger partial charge in [0, 0.05) is 17.9 Å². The number of nitrogens with one attached hydrogen (secondary N) is 1. The Kier molecular flexibility index (Phi) is 4.98. The van der Waals surface area contributed by atoms with E-state index < -0.39 is 0 Å². The number of benzene rings is 2. The van der Waals surface area contributed by atoms with E-state index in [4.69, 9.17) is 11.6 Å². The zero-order chi connectivity index (χ0) is 19.0. The number of carbonyl (C=O) groups excluding carboxylic acids is 2. The largest absolute Gasteiger partial charge is 0.324 e. The molecule has 2 aromatic carbocycles. The van der Waals surface area contributed by atoms with Gasteiger partial charge >= 0.3 is 0 Å². The third kappa shape index (κ3) is 3.62. The van der Waals surface area contributed by atoms with Gasteiger partial charge in [0.15, 0.2) is 6.04 Å². The van der Waals surface area contributed by atoms with Crippen LogP contribution in [0, 0.1) is 5.82 Å². The van der Waals surface area contributed by atoms with Crippen LogP contribution in [0.25, 0.3) is 0 Å². The molecule has 2 fully saturated rings. The van der Waals surface area contributed by atoms with Gasteiger partial charge in [-0.1, -0.05) is 23.7 Å². The van der Waals surface area contributed by atoms with Crippen molar-refractivity contribution in [2.24, 2.45) is 0 Å². The SMILES string of the molecule is O=C1C[C@@H]([NH+]2CCC(c3ccc(F)cc3)CC2)C(=O)N1c1ccc(Cl)cc1. The summed E-state index contributed by atoms with van der Waals surface area (Å²) in [6.45, 7) is 1.67. The standard InChI is InChI=1S/C21H20ClFN2O2/c22-16-3-7-18(8-4-16)25-20(26)13-19(21(25)27)24-11-9-15(10-12-24)14-1-5-17(23)6-2-14/h1-8,15,19H,9-13H2/p+1/t19-/m1/s1. The topological polar surface area (TPSA) is 41.8 Å². The molecule has 27 heavy (non-hydrogen) atoms. The maximum atomic E-state index is 13.1. The van der Waals surface area contributed by atoms with E-state index in [1.54, 1.807) is 24.3 Å². The van der Waals surface area contributed by atoms with Crippen LogP contribution in [0.1, 0.15) is 30.7 Å². The zero-order valence-electron chi connectivity index (χ0n) is 14.8. The monoisotopic (exact) mass is 387 g/mol. The van der Waals surface area contributed by atoms with E-state index in [2.05, 4.69) is 0 Å². The van der Waals surface area contributed by atoms with Crippen molar-refractivity contribution >= 4 is 29.1 Å². The summed E-state index contributed by atoms with van der Waals surface area (Å²) >= 11 is 5.90.